The lowest BCUT2D eigenvalue weighted by Crippen LogP contribution is -2.49. The molecule has 0 bridgehead atoms. The highest BCUT2D eigenvalue weighted by atomic mass is 16.2. The summed E-state index contributed by atoms with van der Waals surface area (Å²) in [5.74, 6) is 0.919. The molecule has 1 saturated carbocycles. The smallest absolute Gasteiger partial charge is 0.227 e. The summed E-state index contributed by atoms with van der Waals surface area (Å²) in [5.41, 5.74) is 5.77. The molecule has 0 saturated heterocycles. The molecular weight excluding hydrogens is 224 g/mol. The Bertz CT molecular complexity index is 278. The van der Waals surface area contributed by atoms with Crippen molar-refractivity contribution in [3.8, 4) is 0 Å². The molecule has 0 aromatic rings. The zero-order chi connectivity index (χ0) is 13.8. The fourth-order valence-corrected chi connectivity index (χ4v) is 2.47. The molecule has 1 aliphatic rings. The molecule has 0 spiro atoms. The minimum atomic E-state index is -0.295. The lowest BCUT2D eigenvalue weighted by Gasteiger charge is -2.38. The fraction of sp³-hybridized carbons (Fsp3) is 0.933. The summed E-state index contributed by atoms with van der Waals surface area (Å²) in [5, 5.41) is 3.13. The van der Waals surface area contributed by atoms with Gasteiger partial charge in [0.1, 0.15) is 0 Å². The zero-order valence-corrected chi connectivity index (χ0v) is 12.5. The predicted molar refractivity (Wildman–Crippen MR) is 76.2 cm³/mol. The van der Waals surface area contributed by atoms with Gasteiger partial charge in [-0.3, -0.25) is 4.79 Å². The predicted octanol–water partition coefficient (Wildman–Crippen LogP) is 2.69. The van der Waals surface area contributed by atoms with Crippen molar-refractivity contribution >= 4 is 5.91 Å². The zero-order valence-electron chi connectivity index (χ0n) is 12.5. The maximum atomic E-state index is 12.4. The molecular formula is C15H30N2O. The number of nitrogens with two attached hydrogens (primary N) is 1. The molecule has 1 amide bonds. The van der Waals surface area contributed by atoms with E-state index in [1.165, 1.54) is 0 Å². The van der Waals surface area contributed by atoms with Crippen molar-refractivity contribution in [1.29, 1.82) is 0 Å². The summed E-state index contributed by atoms with van der Waals surface area (Å²) in [4.78, 5) is 12.4. The number of nitrogens with one attached hydrogen (secondary N) is 1. The Morgan fingerprint density at radius 1 is 1.39 bits per heavy atom. The first-order chi connectivity index (χ1) is 8.35. The molecule has 0 atom stereocenters. The topological polar surface area (TPSA) is 55.1 Å². The van der Waals surface area contributed by atoms with Gasteiger partial charge in [-0.25, -0.2) is 0 Å². The van der Waals surface area contributed by atoms with Crippen LogP contribution in [0.3, 0.4) is 0 Å². The third-order valence-corrected chi connectivity index (χ3v) is 4.79. The molecule has 0 aromatic heterocycles. The van der Waals surface area contributed by atoms with Crippen LogP contribution in [-0.4, -0.2) is 19.0 Å². The van der Waals surface area contributed by atoms with Crippen molar-refractivity contribution in [2.75, 3.05) is 13.1 Å². The molecule has 3 nitrogen and oxygen atoms in total. The van der Waals surface area contributed by atoms with E-state index in [9.17, 15) is 4.79 Å². The Balaban J connectivity index is 2.57. The number of carbonyl (C=O) groups excluding carboxylic acids is 1. The Morgan fingerprint density at radius 3 is 2.39 bits per heavy atom. The normalized spacial score (nSPS) is 29.1. The van der Waals surface area contributed by atoms with Gasteiger partial charge in [0.25, 0.3) is 0 Å². The van der Waals surface area contributed by atoms with Crippen molar-refractivity contribution < 1.29 is 4.79 Å². The second-order valence-electron chi connectivity index (χ2n) is 6.87. The number of rotatable bonds is 5. The van der Waals surface area contributed by atoms with Crippen molar-refractivity contribution in [2.45, 2.75) is 59.8 Å². The van der Waals surface area contributed by atoms with E-state index in [-0.39, 0.29) is 16.7 Å². The van der Waals surface area contributed by atoms with E-state index < -0.39 is 0 Å². The van der Waals surface area contributed by atoms with E-state index >= 15 is 0 Å². The highest BCUT2D eigenvalue weighted by Crippen LogP contribution is 2.38. The van der Waals surface area contributed by atoms with E-state index in [0.29, 0.717) is 6.54 Å². The number of hydrogen-bond acceptors (Lipinski definition) is 2. The summed E-state index contributed by atoms with van der Waals surface area (Å²) in [6.07, 6.45) is 5.22. The van der Waals surface area contributed by atoms with Gasteiger partial charge in [-0.1, -0.05) is 27.7 Å². The molecule has 0 aliphatic heterocycles. The molecule has 0 unspecified atom stereocenters. The van der Waals surface area contributed by atoms with Crippen molar-refractivity contribution in [2.24, 2.45) is 22.5 Å². The molecule has 1 fully saturated rings. The van der Waals surface area contributed by atoms with Gasteiger partial charge in [0.15, 0.2) is 0 Å². The lowest BCUT2D eigenvalue weighted by molar-refractivity contribution is -0.133. The monoisotopic (exact) mass is 254 g/mol. The summed E-state index contributed by atoms with van der Waals surface area (Å²) in [7, 11) is 0. The molecule has 18 heavy (non-hydrogen) atoms. The van der Waals surface area contributed by atoms with Crippen LogP contribution in [0.25, 0.3) is 0 Å². The quantitative estimate of drug-likeness (QED) is 0.792. The van der Waals surface area contributed by atoms with Gasteiger partial charge in [-0.05, 0) is 43.4 Å². The summed E-state index contributed by atoms with van der Waals surface area (Å²) < 4.78 is 0. The second kappa shape index (κ2) is 6.05. The van der Waals surface area contributed by atoms with Crippen LogP contribution < -0.4 is 11.1 Å². The summed E-state index contributed by atoms with van der Waals surface area (Å²) in [6, 6.07) is 0. The van der Waals surface area contributed by atoms with Crippen LogP contribution in [0.2, 0.25) is 0 Å². The van der Waals surface area contributed by atoms with E-state index in [2.05, 4.69) is 33.0 Å². The fourth-order valence-electron chi connectivity index (χ4n) is 2.47. The van der Waals surface area contributed by atoms with Crippen LogP contribution in [0.15, 0.2) is 0 Å². The highest BCUT2D eigenvalue weighted by molar-refractivity contribution is 5.83. The maximum absolute atomic E-state index is 12.4. The van der Waals surface area contributed by atoms with Crippen LogP contribution in [0, 0.1) is 16.7 Å². The van der Waals surface area contributed by atoms with Gasteiger partial charge in [-0.2, -0.15) is 0 Å². The van der Waals surface area contributed by atoms with Crippen LogP contribution in [0.1, 0.15) is 59.8 Å². The first-order valence-electron chi connectivity index (χ1n) is 7.33. The minimum absolute atomic E-state index is 0.174. The van der Waals surface area contributed by atoms with Crippen molar-refractivity contribution in [1.82, 2.24) is 5.32 Å². The van der Waals surface area contributed by atoms with E-state index in [1.807, 2.05) is 0 Å². The van der Waals surface area contributed by atoms with Crippen LogP contribution >= 0.6 is 0 Å². The SMILES string of the molecule is CCC(C)(C)CNC(=O)C1(CN)CCC(C)CC1. The Morgan fingerprint density at radius 2 is 1.94 bits per heavy atom. The molecule has 1 rings (SSSR count). The second-order valence-corrected chi connectivity index (χ2v) is 6.87. The first-order valence-corrected chi connectivity index (χ1v) is 7.33. The van der Waals surface area contributed by atoms with Gasteiger partial charge in [0.2, 0.25) is 5.91 Å². The molecule has 0 radical (unpaired) electrons. The third-order valence-electron chi connectivity index (χ3n) is 4.79. The van der Waals surface area contributed by atoms with Crippen LogP contribution in [0.4, 0.5) is 0 Å². The van der Waals surface area contributed by atoms with Gasteiger partial charge in [0.05, 0.1) is 5.41 Å². The molecule has 106 valence electrons. The van der Waals surface area contributed by atoms with Crippen LogP contribution in [0.5, 0.6) is 0 Å². The number of amides is 1. The highest BCUT2D eigenvalue weighted by Gasteiger charge is 2.40. The lowest BCUT2D eigenvalue weighted by atomic mass is 9.70. The van der Waals surface area contributed by atoms with Crippen molar-refractivity contribution in [3.05, 3.63) is 0 Å². The largest absolute Gasteiger partial charge is 0.355 e. The summed E-state index contributed by atoms with van der Waals surface area (Å²) in [6.45, 7) is 10.0. The number of carbonyl (C=O) groups is 1. The third kappa shape index (κ3) is 3.71. The van der Waals surface area contributed by atoms with E-state index in [0.717, 1.165) is 44.6 Å². The van der Waals surface area contributed by atoms with Gasteiger partial charge >= 0.3 is 0 Å². The van der Waals surface area contributed by atoms with E-state index in [4.69, 9.17) is 5.73 Å². The van der Waals surface area contributed by atoms with Gasteiger partial charge < -0.3 is 11.1 Å². The number of hydrogen-bond donors (Lipinski definition) is 2. The Hall–Kier alpha value is -0.570. The maximum Gasteiger partial charge on any atom is 0.227 e. The van der Waals surface area contributed by atoms with Crippen LogP contribution in [-0.2, 0) is 4.79 Å². The summed E-state index contributed by atoms with van der Waals surface area (Å²) >= 11 is 0. The first kappa shape index (κ1) is 15.5. The van der Waals surface area contributed by atoms with Gasteiger partial charge in [-0.15, -0.1) is 0 Å². The standard InChI is InChI=1S/C15H30N2O/c1-5-14(3,4)11-17-13(18)15(10-16)8-6-12(2)7-9-15/h12H,5-11,16H2,1-4H3,(H,17,18). The average molecular weight is 254 g/mol. The minimum Gasteiger partial charge on any atom is -0.355 e. The molecule has 1 aliphatic carbocycles. The molecule has 0 heterocycles. The Labute approximate surface area is 112 Å². The molecule has 3 heteroatoms. The Kier molecular flexibility index (Phi) is 5.20. The average Bonchev–Trinajstić information content (AvgIpc) is 2.37. The molecule has 3 N–H and O–H groups in total. The van der Waals surface area contributed by atoms with Gasteiger partial charge in [0, 0.05) is 13.1 Å². The van der Waals surface area contributed by atoms with E-state index in [1.54, 1.807) is 0 Å². The van der Waals surface area contributed by atoms with Crippen molar-refractivity contribution in [3.63, 3.8) is 0 Å². The molecule has 0 aromatic carbocycles.